The van der Waals surface area contributed by atoms with Crippen LogP contribution in [0.1, 0.15) is 58.8 Å². The van der Waals surface area contributed by atoms with E-state index in [4.69, 9.17) is 4.74 Å². The average Bonchev–Trinajstić information content (AvgIpc) is 2.48. The third-order valence-electron chi connectivity index (χ3n) is 6.66. The Kier molecular flexibility index (Phi) is 3.82. The fourth-order valence-corrected chi connectivity index (χ4v) is 6.11. The predicted octanol–water partition coefficient (Wildman–Crippen LogP) is 2.22. The van der Waals surface area contributed by atoms with Gasteiger partial charge in [0.15, 0.2) is 0 Å². The van der Waals surface area contributed by atoms with Crippen LogP contribution in [0.3, 0.4) is 0 Å². The lowest BCUT2D eigenvalue weighted by Gasteiger charge is -2.66. The van der Waals surface area contributed by atoms with Gasteiger partial charge >= 0.3 is 5.97 Å². The van der Waals surface area contributed by atoms with E-state index in [0.29, 0.717) is 5.92 Å². The van der Waals surface area contributed by atoms with Crippen molar-refractivity contribution in [2.24, 2.45) is 23.2 Å². The van der Waals surface area contributed by atoms with Crippen LogP contribution in [-0.2, 0) is 14.3 Å². The molecular formula is C18H25O4-. The van der Waals surface area contributed by atoms with Crippen molar-refractivity contribution in [3.8, 4) is 0 Å². The van der Waals surface area contributed by atoms with E-state index in [9.17, 15) is 14.7 Å². The number of carbonyl (C=O) groups is 2. The Labute approximate surface area is 131 Å². The van der Waals surface area contributed by atoms with Crippen LogP contribution in [0.25, 0.3) is 0 Å². The van der Waals surface area contributed by atoms with E-state index in [1.807, 2.05) is 0 Å². The van der Waals surface area contributed by atoms with Gasteiger partial charge in [-0.3, -0.25) is 0 Å². The molecule has 0 amide bonds. The molecule has 0 spiro atoms. The summed E-state index contributed by atoms with van der Waals surface area (Å²) in [6.07, 6.45) is 9.58. The fraction of sp³-hybridized carbons (Fsp3) is 0.778. The molecule has 0 aliphatic heterocycles. The van der Waals surface area contributed by atoms with Crippen LogP contribution in [0.4, 0.5) is 0 Å². The summed E-state index contributed by atoms with van der Waals surface area (Å²) in [4.78, 5) is 22.7. The van der Waals surface area contributed by atoms with Gasteiger partial charge < -0.3 is 14.6 Å². The van der Waals surface area contributed by atoms with Crippen LogP contribution in [0, 0.1) is 23.2 Å². The molecule has 3 atom stereocenters. The monoisotopic (exact) mass is 305 g/mol. The number of carboxylic acids is 1. The molecular weight excluding hydrogens is 280 g/mol. The molecule has 4 rings (SSSR count). The second kappa shape index (κ2) is 5.39. The standard InChI is InChI=1S/C18H26O4/c1-3-17-10-12-7-13(11-17)9-14(8-12)18(17,4-2)22-16(21)6-5-15(19)20/h5-6,12-14H,3-4,7-11H2,1-2H3,(H,19,20)/p-1/b6-5+. The Bertz CT molecular complexity index is 495. The van der Waals surface area contributed by atoms with Crippen molar-refractivity contribution in [2.45, 2.75) is 64.4 Å². The van der Waals surface area contributed by atoms with Crippen molar-refractivity contribution < 1.29 is 19.4 Å². The van der Waals surface area contributed by atoms with Gasteiger partial charge in [-0.25, -0.2) is 4.79 Å². The molecule has 122 valence electrons. The zero-order valence-corrected chi connectivity index (χ0v) is 13.5. The molecule has 0 aromatic carbocycles. The summed E-state index contributed by atoms with van der Waals surface area (Å²) in [6, 6.07) is 0. The maximum atomic E-state index is 12.2. The Morgan fingerprint density at radius 1 is 1.09 bits per heavy atom. The number of esters is 1. The minimum Gasteiger partial charge on any atom is -0.545 e. The molecule has 22 heavy (non-hydrogen) atoms. The molecule has 0 aromatic heterocycles. The minimum absolute atomic E-state index is 0.0848. The maximum absolute atomic E-state index is 12.2. The second-order valence-corrected chi connectivity index (χ2v) is 7.49. The van der Waals surface area contributed by atoms with Gasteiger partial charge in [0.25, 0.3) is 0 Å². The Balaban J connectivity index is 1.90. The molecule has 4 aliphatic rings. The molecule has 3 unspecified atom stereocenters. The van der Waals surface area contributed by atoms with E-state index in [2.05, 4.69) is 13.8 Å². The van der Waals surface area contributed by atoms with Gasteiger partial charge in [-0.2, -0.15) is 0 Å². The van der Waals surface area contributed by atoms with E-state index >= 15 is 0 Å². The van der Waals surface area contributed by atoms with Gasteiger partial charge in [0.05, 0.1) is 5.97 Å². The van der Waals surface area contributed by atoms with E-state index in [-0.39, 0.29) is 5.41 Å². The summed E-state index contributed by atoms with van der Waals surface area (Å²) in [7, 11) is 0. The van der Waals surface area contributed by atoms with Crippen LogP contribution in [0.5, 0.6) is 0 Å². The van der Waals surface area contributed by atoms with Crippen molar-refractivity contribution in [2.75, 3.05) is 0 Å². The number of hydrogen-bond donors (Lipinski definition) is 0. The number of carboxylic acid groups (broad SMARTS) is 1. The predicted molar refractivity (Wildman–Crippen MR) is 79.5 cm³/mol. The number of carbonyl (C=O) groups excluding carboxylic acids is 2. The molecule has 4 aliphatic carbocycles. The first-order valence-electron chi connectivity index (χ1n) is 8.56. The summed E-state index contributed by atoms with van der Waals surface area (Å²) in [5, 5.41) is 10.5. The lowest BCUT2D eigenvalue weighted by atomic mass is 9.42. The maximum Gasteiger partial charge on any atom is 0.331 e. The third kappa shape index (κ3) is 2.19. The van der Waals surface area contributed by atoms with Crippen molar-refractivity contribution in [3.63, 3.8) is 0 Å². The molecule has 0 heterocycles. The lowest BCUT2D eigenvalue weighted by molar-refractivity contribution is -0.297. The fourth-order valence-electron chi connectivity index (χ4n) is 6.11. The summed E-state index contributed by atoms with van der Waals surface area (Å²) in [5.74, 6) is 0.109. The average molecular weight is 305 g/mol. The molecule has 0 aromatic rings. The van der Waals surface area contributed by atoms with Crippen molar-refractivity contribution in [1.82, 2.24) is 0 Å². The van der Waals surface area contributed by atoms with E-state index in [1.54, 1.807) is 0 Å². The SMILES string of the molecule is CCC12CC3CC(CC(C3)C1(CC)OC(=O)/C=C/C(=O)[O-])C2. The zero-order chi connectivity index (χ0) is 16.0. The van der Waals surface area contributed by atoms with Crippen LogP contribution in [-0.4, -0.2) is 17.5 Å². The van der Waals surface area contributed by atoms with Crippen molar-refractivity contribution >= 4 is 11.9 Å². The van der Waals surface area contributed by atoms with Gasteiger partial charge in [-0.1, -0.05) is 13.8 Å². The molecule has 0 saturated heterocycles. The van der Waals surface area contributed by atoms with Crippen LogP contribution in [0.2, 0.25) is 0 Å². The normalized spacial score (nSPS) is 42.7. The van der Waals surface area contributed by atoms with Gasteiger partial charge in [0.1, 0.15) is 5.60 Å². The lowest BCUT2D eigenvalue weighted by Crippen LogP contribution is -2.65. The Hall–Kier alpha value is -1.32. The highest BCUT2D eigenvalue weighted by Gasteiger charge is 2.65. The zero-order valence-electron chi connectivity index (χ0n) is 13.5. The van der Waals surface area contributed by atoms with E-state index in [1.165, 1.54) is 6.42 Å². The van der Waals surface area contributed by atoms with Crippen LogP contribution < -0.4 is 5.11 Å². The summed E-state index contributed by atoms with van der Waals surface area (Å²) in [5.41, 5.74) is -0.329. The number of ether oxygens (including phenoxy) is 1. The summed E-state index contributed by atoms with van der Waals surface area (Å²) in [6.45, 7) is 4.32. The number of hydrogen-bond acceptors (Lipinski definition) is 4. The first kappa shape index (κ1) is 15.6. The minimum atomic E-state index is -1.36. The topological polar surface area (TPSA) is 66.4 Å². The molecule has 4 bridgehead atoms. The molecule has 4 heteroatoms. The molecule has 4 nitrogen and oxygen atoms in total. The first-order valence-corrected chi connectivity index (χ1v) is 8.56. The van der Waals surface area contributed by atoms with Gasteiger partial charge in [0.2, 0.25) is 0 Å². The van der Waals surface area contributed by atoms with Gasteiger partial charge in [-0.05, 0) is 68.8 Å². The first-order chi connectivity index (χ1) is 10.4. The Morgan fingerprint density at radius 2 is 1.73 bits per heavy atom. The summed E-state index contributed by atoms with van der Waals surface area (Å²) < 4.78 is 5.99. The molecule has 0 N–H and O–H groups in total. The highest BCUT2D eigenvalue weighted by Crippen LogP contribution is 2.68. The van der Waals surface area contributed by atoms with Crippen LogP contribution in [0.15, 0.2) is 12.2 Å². The van der Waals surface area contributed by atoms with E-state index in [0.717, 1.165) is 62.5 Å². The quantitative estimate of drug-likeness (QED) is 0.577. The number of rotatable bonds is 5. The molecule has 0 radical (unpaired) electrons. The highest BCUT2D eigenvalue weighted by molar-refractivity contribution is 5.90. The highest BCUT2D eigenvalue weighted by atomic mass is 16.6. The third-order valence-corrected chi connectivity index (χ3v) is 6.66. The van der Waals surface area contributed by atoms with Crippen molar-refractivity contribution in [1.29, 1.82) is 0 Å². The smallest absolute Gasteiger partial charge is 0.331 e. The van der Waals surface area contributed by atoms with Crippen LogP contribution >= 0.6 is 0 Å². The second-order valence-electron chi connectivity index (χ2n) is 7.49. The van der Waals surface area contributed by atoms with Gasteiger partial charge in [0, 0.05) is 11.5 Å². The van der Waals surface area contributed by atoms with E-state index < -0.39 is 17.5 Å². The number of aliphatic carboxylic acids is 1. The largest absolute Gasteiger partial charge is 0.545 e. The Morgan fingerprint density at radius 3 is 2.23 bits per heavy atom. The molecule has 4 fully saturated rings. The summed E-state index contributed by atoms with van der Waals surface area (Å²) >= 11 is 0. The molecule has 4 saturated carbocycles. The van der Waals surface area contributed by atoms with Gasteiger partial charge in [-0.15, -0.1) is 0 Å². The van der Waals surface area contributed by atoms with Crippen molar-refractivity contribution in [3.05, 3.63) is 12.2 Å².